The van der Waals surface area contributed by atoms with Gasteiger partial charge in [0.2, 0.25) is 0 Å². The molecule has 3 heteroatoms. The number of benzene rings is 1. The maximum absolute atomic E-state index is 10.2. The monoisotopic (exact) mass is 333 g/mol. The molecule has 1 fully saturated rings. The first-order valence-corrected chi connectivity index (χ1v) is 9.44. The highest BCUT2D eigenvalue weighted by molar-refractivity contribution is 5.17. The minimum absolute atomic E-state index is 0.239. The standard InChI is InChI=1S/C21H35NO2/c1-16(17-8-6-5-7-9-17)22-14-19(23)15-24-20-12-10-18(11-13-20)21(2,3)4/h5-9,16,18-20,22-23H,10-15H2,1-4H3/t16-,18?,19+,20?/m0/s1. The fourth-order valence-electron chi connectivity index (χ4n) is 3.57. The summed E-state index contributed by atoms with van der Waals surface area (Å²) in [5.74, 6) is 0.802. The third-order valence-electron chi connectivity index (χ3n) is 5.38. The van der Waals surface area contributed by atoms with Crippen molar-refractivity contribution in [1.82, 2.24) is 5.32 Å². The highest BCUT2D eigenvalue weighted by Crippen LogP contribution is 2.38. The topological polar surface area (TPSA) is 41.5 Å². The average molecular weight is 334 g/mol. The second kappa shape index (κ2) is 8.98. The van der Waals surface area contributed by atoms with Crippen LogP contribution in [0.3, 0.4) is 0 Å². The summed E-state index contributed by atoms with van der Waals surface area (Å²) in [5.41, 5.74) is 1.65. The maximum atomic E-state index is 10.2. The molecule has 0 aliphatic heterocycles. The van der Waals surface area contributed by atoms with Crippen molar-refractivity contribution in [1.29, 1.82) is 0 Å². The van der Waals surface area contributed by atoms with Crippen LogP contribution < -0.4 is 5.32 Å². The molecule has 2 rings (SSSR count). The Morgan fingerprint density at radius 3 is 2.33 bits per heavy atom. The van der Waals surface area contributed by atoms with Gasteiger partial charge in [-0.3, -0.25) is 0 Å². The van der Waals surface area contributed by atoms with E-state index in [0.29, 0.717) is 24.7 Å². The van der Waals surface area contributed by atoms with Gasteiger partial charge >= 0.3 is 0 Å². The molecular formula is C21H35NO2. The van der Waals surface area contributed by atoms with Crippen molar-refractivity contribution in [2.75, 3.05) is 13.2 Å². The Balaban J connectivity index is 1.63. The van der Waals surface area contributed by atoms with E-state index in [9.17, 15) is 5.11 Å². The van der Waals surface area contributed by atoms with Gasteiger partial charge in [0.15, 0.2) is 0 Å². The quantitative estimate of drug-likeness (QED) is 0.781. The van der Waals surface area contributed by atoms with E-state index in [1.54, 1.807) is 0 Å². The van der Waals surface area contributed by atoms with Crippen molar-refractivity contribution < 1.29 is 9.84 Å². The number of rotatable bonds is 7. The number of hydrogen-bond donors (Lipinski definition) is 2. The second-order valence-corrected chi connectivity index (χ2v) is 8.37. The van der Waals surface area contributed by atoms with Crippen LogP contribution in [-0.4, -0.2) is 30.5 Å². The molecule has 0 amide bonds. The second-order valence-electron chi connectivity index (χ2n) is 8.37. The molecule has 0 bridgehead atoms. The molecule has 0 aromatic heterocycles. The summed E-state index contributed by atoms with van der Waals surface area (Å²) in [6.45, 7) is 10.1. The van der Waals surface area contributed by atoms with E-state index < -0.39 is 6.10 Å². The Kier molecular flexibility index (Phi) is 7.27. The molecule has 24 heavy (non-hydrogen) atoms. The van der Waals surface area contributed by atoms with Gasteiger partial charge in [0.1, 0.15) is 0 Å². The Labute approximate surface area is 147 Å². The summed E-state index contributed by atoms with van der Waals surface area (Å²) in [7, 11) is 0. The van der Waals surface area contributed by atoms with Crippen molar-refractivity contribution in [3.63, 3.8) is 0 Å². The van der Waals surface area contributed by atoms with Crippen LogP contribution in [0.1, 0.15) is 65.0 Å². The first kappa shape index (κ1) is 19.4. The van der Waals surface area contributed by atoms with Crippen LogP contribution in [0, 0.1) is 11.3 Å². The highest BCUT2D eigenvalue weighted by Gasteiger charge is 2.30. The Morgan fingerprint density at radius 1 is 1.12 bits per heavy atom. The van der Waals surface area contributed by atoms with Crippen LogP contribution in [0.25, 0.3) is 0 Å². The Hall–Kier alpha value is -0.900. The molecule has 0 radical (unpaired) electrons. The Bertz CT molecular complexity index is 460. The summed E-state index contributed by atoms with van der Waals surface area (Å²) >= 11 is 0. The molecule has 136 valence electrons. The van der Waals surface area contributed by atoms with Crippen molar-refractivity contribution in [2.24, 2.45) is 11.3 Å². The number of hydrogen-bond acceptors (Lipinski definition) is 3. The Morgan fingerprint density at radius 2 is 1.75 bits per heavy atom. The van der Waals surface area contributed by atoms with E-state index in [4.69, 9.17) is 4.74 Å². The van der Waals surface area contributed by atoms with Crippen molar-refractivity contribution in [3.05, 3.63) is 35.9 Å². The molecule has 0 unspecified atom stereocenters. The van der Waals surface area contributed by atoms with Gasteiger partial charge in [0, 0.05) is 12.6 Å². The van der Waals surface area contributed by atoms with Crippen molar-refractivity contribution in [2.45, 2.75) is 71.6 Å². The van der Waals surface area contributed by atoms with E-state index >= 15 is 0 Å². The molecule has 2 N–H and O–H groups in total. The molecule has 1 aromatic rings. The molecule has 2 atom stereocenters. The number of aliphatic hydroxyl groups is 1. The third kappa shape index (κ3) is 6.19. The van der Waals surface area contributed by atoms with Gasteiger partial charge in [-0.05, 0) is 49.5 Å². The number of ether oxygens (including phenoxy) is 1. The average Bonchev–Trinajstić information content (AvgIpc) is 2.58. The molecule has 0 saturated heterocycles. The smallest absolute Gasteiger partial charge is 0.0898 e. The first-order chi connectivity index (χ1) is 11.4. The van der Waals surface area contributed by atoms with Gasteiger partial charge in [-0.15, -0.1) is 0 Å². The van der Waals surface area contributed by atoms with Gasteiger partial charge in [0.05, 0.1) is 18.8 Å². The first-order valence-electron chi connectivity index (χ1n) is 9.44. The summed E-state index contributed by atoms with van der Waals surface area (Å²) in [6.07, 6.45) is 4.62. The molecule has 1 aromatic carbocycles. The lowest BCUT2D eigenvalue weighted by Crippen LogP contribution is -2.35. The number of aliphatic hydroxyl groups excluding tert-OH is 1. The summed E-state index contributed by atoms with van der Waals surface area (Å²) in [5, 5.41) is 13.6. The normalized spacial score (nSPS) is 24.5. The SMILES string of the molecule is C[C@H](NC[C@@H](O)COC1CCC(C(C)(C)C)CC1)c1ccccc1. The fraction of sp³-hybridized carbons (Fsp3) is 0.714. The fourth-order valence-corrected chi connectivity index (χ4v) is 3.57. The van der Waals surface area contributed by atoms with Crippen LogP contribution >= 0.6 is 0 Å². The molecule has 1 saturated carbocycles. The largest absolute Gasteiger partial charge is 0.389 e. The maximum Gasteiger partial charge on any atom is 0.0898 e. The zero-order valence-electron chi connectivity index (χ0n) is 15.8. The van der Waals surface area contributed by atoms with E-state index in [0.717, 1.165) is 18.8 Å². The lowest BCUT2D eigenvalue weighted by atomic mass is 9.72. The zero-order chi connectivity index (χ0) is 17.6. The lowest BCUT2D eigenvalue weighted by molar-refractivity contribution is -0.0365. The highest BCUT2D eigenvalue weighted by atomic mass is 16.5. The van der Waals surface area contributed by atoms with Crippen LogP contribution in [0.4, 0.5) is 0 Å². The van der Waals surface area contributed by atoms with Gasteiger partial charge in [0.25, 0.3) is 0 Å². The van der Waals surface area contributed by atoms with E-state index in [1.807, 2.05) is 18.2 Å². The van der Waals surface area contributed by atoms with Crippen LogP contribution in [0.2, 0.25) is 0 Å². The van der Waals surface area contributed by atoms with Gasteiger partial charge in [-0.1, -0.05) is 51.1 Å². The lowest BCUT2D eigenvalue weighted by Gasteiger charge is -2.37. The van der Waals surface area contributed by atoms with Crippen LogP contribution in [0.15, 0.2) is 30.3 Å². The van der Waals surface area contributed by atoms with E-state index in [1.165, 1.54) is 18.4 Å². The third-order valence-corrected chi connectivity index (χ3v) is 5.38. The molecule has 3 nitrogen and oxygen atoms in total. The minimum atomic E-state index is -0.448. The summed E-state index contributed by atoms with van der Waals surface area (Å²) in [4.78, 5) is 0. The molecular weight excluding hydrogens is 298 g/mol. The van der Waals surface area contributed by atoms with E-state index in [-0.39, 0.29) is 6.04 Å². The van der Waals surface area contributed by atoms with E-state index in [2.05, 4.69) is 45.1 Å². The van der Waals surface area contributed by atoms with Gasteiger partial charge in [-0.2, -0.15) is 0 Å². The summed E-state index contributed by atoms with van der Waals surface area (Å²) in [6, 6.07) is 10.6. The van der Waals surface area contributed by atoms with Crippen LogP contribution in [0.5, 0.6) is 0 Å². The molecule has 0 spiro atoms. The predicted octanol–water partition coefficient (Wildman–Crippen LogP) is 4.32. The molecule has 0 heterocycles. The van der Waals surface area contributed by atoms with Crippen molar-refractivity contribution in [3.8, 4) is 0 Å². The van der Waals surface area contributed by atoms with Gasteiger partial charge in [-0.25, -0.2) is 0 Å². The summed E-state index contributed by atoms with van der Waals surface area (Å²) < 4.78 is 5.95. The molecule has 1 aliphatic carbocycles. The van der Waals surface area contributed by atoms with Crippen LogP contribution in [-0.2, 0) is 4.74 Å². The predicted molar refractivity (Wildman–Crippen MR) is 100 cm³/mol. The van der Waals surface area contributed by atoms with Gasteiger partial charge < -0.3 is 15.2 Å². The minimum Gasteiger partial charge on any atom is -0.389 e. The van der Waals surface area contributed by atoms with Crippen molar-refractivity contribution >= 4 is 0 Å². The number of nitrogens with one attached hydrogen (secondary N) is 1. The molecule has 1 aliphatic rings. The zero-order valence-corrected chi connectivity index (χ0v) is 15.8.